The van der Waals surface area contributed by atoms with Gasteiger partial charge in [0.25, 0.3) is 0 Å². The molecule has 2 aromatic heterocycles. The number of nitrogens with zero attached hydrogens (tertiary/aromatic N) is 3. The van der Waals surface area contributed by atoms with E-state index in [4.69, 9.17) is 4.74 Å². The summed E-state index contributed by atoms with van der Waals surface area (Å²) < 4.78 is 7.58. The van der Waals surface area contributed by atoms with Crippen LogP contribution in [0.3, 0.4) is 0 Å². The SMILES string of the molecule is CCn1ccnc1COc1ccc(C)nc1C=O. The Labute approximate surface area is 105 Å². The number of aromatic nitrogens is 3. The van der Waals surface area contributed by atoms with Gasteiger partial charge < -0.3 is 9.30 Å². The molecule has 0 aromatic carbocycles. The summed E-state index contributed by atoms with van der Waals surface area (Å²) in [6, 6.07) is 3.57. The number of carbonyl (C=O) groups is 1. The highest BCUT2D eigenvalue weighted by atomic mass is 16.5. The summed E-state index contributed by atoms with van der Waals surface area (Å²) in [7, 11) is 0. The van der Waals surface area contributed by atoms with Gasteiger partial charge in [-0.1, -0.05) is 0 Å². The zero-order valence-corrected chi connectivity index (χ0v) is 10.5. The van der Waals surface area contributed by atoms with Crippen molar-refractivity contribution in [3.8, 4) is 5.75 Å². The van der Waals surface area contributed by atoms with Crippen molar-refractivity contribution < 1.29 is 9.53 Å². The number of pyridine rings is 1. The summed E-state index contributed by atoms with van der Waals surface area (Å²) in [5, 5.41) is 0. The Balaban J connectivity index is 2.13. The molecule has 18 heavy (non-hydrogen) atoms. The molecule has 0 N–H and O–H groups in total. The van der Waals surface area contributed by atoms with E-state index < -0.39 is 0 Å². The number of carbonyl (C=O) groups excluding carboxylic acids is 1. The molecule has 2 rings (SSSR count). The molecule has 0 aliphatic rings. The molecule has 5 heteroatoms. The Morgan fingerprint density at radius 3 is 3.00 bits per heavy atom. The number of aryl methyl sites for hydroxylation is 2. The van der Waals surface area contributed by atoms with Crippen LogP contribution in [-0.4, -0.2) is 20.8 Å². The molecule has 2 heterocycles. The monoisotopic (exact) mass is 245 g/mol. The lowest BCUT2D eigenvalue weighted by molar-refractivity contribution is 0.111. The Morgan fingerprint density at radius 2 is 2.28 bits per heavy atom. The fourth-order valence-electron chi connectivity index (χ4n) is 1.68. The van der Waals surface area contributed by atoms with Crippen LogP contribution >= 0.6 is 0 Å². The first-order valence-electron chi connectivity index (χ1n) is 5.80. The van der Waals surface area contributed by atoms with Crippen molar-refractivity contribution in [2.45, 2.75) is 27.0 Å². The molecule has 0 atom stereocenters. The van der Waals surface area contributed by atoms with Gasteiger partial charge in [0.2, 0.25) is 0 Å². The van der Waals surface area contributed by atoms with E-state index in [-0.39, 0.29) is 0 Å². The van der Waals surface area contributed by atoms with Crippen LogP contribution in [0.5, 0.6) is 5.75 Å². The maximum absolute atomic E-state index is 10.9. The van der Waals surface area contributed by atoms with Crippen LogP contribution in [0.4, 0.5) is 0 Å². The summed E-state index contributed by atoms with van der Waals surface area (Å²) in [5.74, 6) is 1.32. The third-order valence-corrected chi connectivity index (χ3v) is 2.64. The minimum absolute atomic E-state index is 0.324. The van der Waals surface area contributed by atoms with Gasteiger partial charge in [-0.2, -0.15) is 0 Å². The largest absolute Gasteiger partial charge is 0.483 e. The fraction of sp³-hybridized carbons (Fsp3) is 0.308. The molecular formula is C13H15N3O2. The third-order valence-electron chi connectivity index (χ3n) is 2.64. The summed E-state index contributed by atoms with van der Waals surface area (Å²) in [5.41, 5.74) is 1.11. The third kappa shape index (κ3) is 2.56. The van der Waals surface area contributed by atoms with Gasteiger partial charge >= 0.3 is 0 Å². The molecule has 0 saturated carbocycles. The molecule has 0 aliphatic carbocycles. The number of rotatable bonds is 5. The van der Waals surface area contributed by atoms with Crippen LogP contribution in [0, 0.1) is 6.92 Å². The Morgan fingerprint density at radius 1 is 1.44 bits per heavy atom. The Bertz CT molecular complexity index is 549. The highest BCUT2D eigenvalue weighted by Gasteiger charge is 2.07. The first kappa shape index (κ1) is 12.3. The maximum atomic E-state index is 10.9. The summed E-state index contributed by atoms with van der Waals surface area (Å²) in [4.78, 5) is 19.2. The number of hydrogen-bond acceptors (Lipinski definition) is 4. The van der Waals surface area contributed by atoms with E-state index in [9.17, 15) is 4.79 Å². The molecule has 0 spiro atoms. The lowest BCUT2D eigenvalue weighted by Gasteiger charge is -2.09. The number of hydrogen-bond donors (Lipinski definition) is 0. The lowest BCUT2D eigenvalue weighted by atomic mass is 10.3. The standard InChI is InChI=1S/C13H15N3O2/c1-3-16-7-6-14-13(16)9-18-12-5-4-10(2)15-11(12)8-17/h4-8H,3,9H2,1-2H3. The topological polar surface area (TPSA) is 57.0 Å². The first-order chi connectivity index (χ1) is 8.74. The molecule has 0 amide bonds. The minimum Gasteiger partial charge on any atom is -0.483 e. The molecule has 0 radical (unpaired) electrons. The lowest BCUT2D eigenvalue weighted by Crippen LogP contribution is -2.07. The van der Waals surface area contributed by atoms with E-state index in [1.165, 1.54) is 0 Å². The van der Waals surface area contributed by atoms with Gasteiger partial charge in [0, 0.05) is 24.6 Å². The van der Waals surface area contributed by atoms with Crippen molar-refractivity contribution in [2.24, 2.45) is 0 Å². The summed E-state index contributed by atoms with van der Waals surface area (Å²) >= 11 is 0. The average molecular weight is 245 g/mol. The van der Waals surface area contributed by atoms with Gasteiger partial charge in [0.15, 0.2) is 6.29 Å². The molecule has 94 valence electrons. The zero-order chi connectivity index (χ0) is 13.0. The highest BCUT2D eigenvalue weighted by Crippen LogP contribution is 2.16. The zero-order valence-electron chi connectivity index (χ0n) is 10.5. The van der Waals surface area contributed by atoms with Gasteiger partial charge in [-0.05, 0) is 26.0 Å². The first-order valence-corrected chi connectivity index (χ1v) is 5.80. The smallest absolute Gasteiger partial charge is 0.172 e. The van der Waals surface area contributed by atoms with Gasteiger partial charge in [-0.15, -0.1) is 0 Å². The molecule has 0 unspecified atom stereocenters. The molecule has 2 aromatic rings. The molecule has 0 fully saturated rings. The predicted molar refractivity (Wildman–Crippen MR) is 66.6 cm³/mol. The van der Waals surface area contributed by atoms with Crippen molar-refractivity contribution in [2.75, 3.05) is 0 Å². The quantitative estimate of drug-likeness (QED) is 0.756. The van der Waals surface area contributed by atoms with Crippen LogP contribution < -0.4 is 4.74 Å². The van der Waals surface area contributed by atoms with Crippen LogP contribution in [0.25, 0.3) is 0 Å². The number of imidazole rings is 1. The molecule has 0 bridgehead atoms. The predicted octanol–water partition coefficient (Wildman–Crippen LogP) is 2.00. The van der Waals surface area contributed by atoms with Crippen molar-refractivity contribution in [3.05, 3.63) is 41.7 Å². The highest BCUT2D eigenvalue weighted by molar-refractivity contribution is 5.76. The summed E-state index contributed by atoms with van der Waals surface area (Å²) in [6.07, 6.45) is 4.33. The van der Waals surface area contributed by atoms with Crippen LogP contribution in [0.1, 0.15) is 28.9 Å². The van der Waals surface area contributed by atoms with E-state index in [2.05, 4.69) is 9.97 Å². The van der Waals surface area contributed by atoms with E-state index in [0.717, 1.165) is 18.1 Å². The Hall–Kier alpha value is -2.17. The van der Waals surface area contributed by atoms with E-state index in [0.29, 0.717) is 24.3 Å². The Kier molecular flexibility index (Phi) is 3.72. The molecular weight excluding hydrogens is 230 g/mol. The van der Waals surface area contributed by atoms with Crippen molar-refractivity contribution in [1.29, 1.82) is 0 Å². The molecule has 0 aliphatic heterocycles. The second kappa shape index (κ2) is 5.44. The van der Waals surface area contributed by atoms with Crippen molar-refractivity contribution in [3.63, 3.8) is 0 Å². The van der Waals surface area contributed by atoms with Crippen LogP contribution in [0.2, 0.25) is 0 Å². The van der Waals surface area contributed by atoms with Gasteiger partial charge in [0.1, 0.15) is 23.9 Å². The van der Waals surface area contributed by atoms with Gasteiger partial charge in [-0.25, -0.2) is 9.97 Å². The molecule has 0 saturated heterocycles. The molecule has 5 nitrogen and oxygen atoms in total. The van der Waals surface area contributed by atoms with Gasteiger partial charge in [-0.3, -0.25) is 4.79 Å². The second-order valence-corrected chi connectivity index (χ2v) is 3.87. The van der Waals surface area contributed by atoms with E-state index in [1.54, 1.807) is 12.3 Å². The van der Waals surface area contributed by atoms with Crippen LogP contribution in [-0.2, 0) is 13.2 Å². The average Bonchev–Trinajstić information content (AvgIpc) is 2.84. The fourth-order valence-corrected chi connectivity index (χ4v) is 1.68. The maximum Gasteiger partial charge on any atom is 0.172 e. The minimum atomic E-state index is 0.324. The van der Waals surface area contributed by atoms with Crippen molar-refractivity contribution >= 4 is 6.29 Å². The normalized spacial score (nSPS) is 10.3. The second-order valence-electron chi connectivity index (χ2n) is 3.87. The van der Waals surface area contributed by atoms with Crippen molar-refractivity contribution in [1.82, 2.24) is 14.5 Å². The van der Waals surface area contributed by atoms with Gasteiger partial charge in [0.05, 0.1) is 0 Å². The number of ether oxygens (including phenoxy) is 1. The van der Waals surface area contributed by atoms with Crippen LogP contribution in [0.15, 0.2) is 24.5 Å². The summed E-state index contributed by atoms with van der Waals surface area (Å²) in [6.45, 7) is 5.04. The van der Waals surface area contributed by atoms with E-state index in [1.807, 2.05) is 30.7 Å². The van der Waals surface area contributed by atoms with E-state index >= 15 is 0 Å². The number of aldehydes is 1.